The molecule has 1 aromatic rings. The van der Waals surface area contributed by atoms with E-state index in [0.29, 0.717) is 5.02 Å². The number of amides is 1. The summed E-state index contributed by atoms with van der Waals surface area (Å²) in [5.74, 6) is -0.739. The molecule has 1 aromatic carbocycles. The van der Waals surface area contributed by atoms with Crippen LogP contribution in [0.1, 0.15) is 18.1 Å². The van der Waals surface area contributed by atoms with Crippen molar-refractivity contribution in [2.24, 2.45) is 0 Å². The molecule has 0 bridgehead atoms. The molecule has 1 N–H and O–H groups in total. The van der Waals surface area contributed by atoms with Crippen LogP contribution in [0.25, 0.3) is 0 Å². The number of ether oxygens (including phenoxy) is 1. The van der Waals surface area contributed by atoms with E-state index in [0.717, 1.165) is 11.1 Å². The Bertz CT molecular complexity index is 460. The Hall–Kier alpha value is -1.55. The Morgan fingerprint density at radius 1 is 1.44 bits per heavy atom. The molecule has 0 spiro atoms. The fraction of sp³-hybridized carbons (Fsp3) is 0.385. The minimum Gasteiger partial charge on any atom is -0.467 e. The maximum atomic E-state index is 11.7. The number of rotatable bonds is 4. The van der Waals surface area contributed by atoms with E-state index in [1.807, 2.05) is 13.0 Å². The highest BCUT2D eigenvalue weighted by Gasteiger charge is 2.16. The van der Waals surface area contributed by atoms with E-state index in [9.17, 15) is 9.59 Å². The quantitative estimate of drug-likeness (QED) is 0.849. The van der Waals surface area contributed by atoms with Gasteiger partial charge in [0, 0.05) is 5.02 Å². The Balaban J connectivity index is 2.62. The molecule has 0 aliphatic rings. The Morgan fingerprint density at radius 2 is 2.11 bits per heavy atom. The fourth-order valence-corrected chi connectivity index (χ4v) is 1.80. The lowest BCUT2D eigenvalue weighted by molar-refractivity contribution is -0.144. The lowest BCUT2D eigenvalue weighted by Gasteiger charge is -2.12. The molecule has 4 nitrogen and oxygen atoms in total. The maximum Gasteiger partial charge on any atom is 0.328 e. The summed E-state index contributed by atoms with van der Waals surface area (Å²) in [5.41, 5.74) is 1.77. The van der Waals surface area contributed by atoms with E-state index >= 15 is 0 Å². The van der Waals surface area contributed by atoms with Gasteiger partial charge in [-0.15, -0.1) is 0 Å². The number of esters is 1. The molecule has 1 rings (SSSR count). The van der Waals surface area contributed by atoms with Crippen molar-refractivity contribution in [3.05, 3.63) is 34.3 Å². The summed E-state index contributed by atoms with van der Waals surface area (Å²) in [4.78, 5) is 22.9. The Labute approximate surface area is 111 Å². The zero-order valence-corrected chi connectivity index (χ0v) is 11.4. The zero-order chi connectivity index (χ0) is 13.7. The average Bonchev–Trinajstić information content (AvgIpc) is 2.31. The smallest absolute Gasteiger partial charge is 0.328 e. The second-order valence-corrected chi connectivity index (χ2v) is 4.49. The van der Waals surface area contributed by atoms with Crippen molar-refractivity contribution in [2.75, 3.05) is 7.11 Å². The number of halogens is 1. The van der Waals surface area contributed by atoms with E-state index < -0.39 is 12.0 Å². The third-order valence-electron chi connectivity index (χ3n) is 2.49. The molecule has 1 amide bonds. The van der Waals surface area contributed by atoms with Crippen molar-refractivity contribution >= 4 is 23.5 Å². The van der Waals surface area contributed by atoms with Gasteiger partial charge in [0.25, 0.3) is 0 Å². The molecule has 0 saturated heterocycles. The van der Waals surface area contributed by atoms with Crippen molar-refractivity contribution in [3.63, 3.8) is 0 Å². The van der Waals surface area contributed by atoms with Gasteiger partial charge in [0.2, 0.25) is 5.91 Å². The van der Waals surface area contributed by atoms with Gasteiger partial charge < -0.3 is 10.1 Å². The predicted octanol–water partition coefficient (Wildman–Crippen LogP) is 1.87. The second-order valence-electron chi connectivity index (χ2n) is 4.08. The van der Waals surface area contributed by atoms with Gasteiger partial charge in [-0.05, 0) is 31.0 Å². The molecule has 5 heteroatoms. The minimum atomic E-state index is -0.660. The van der Waals surface area contributed by atoms with Crippen molar-refractivity contribution in [1.82, 2.24) is 5.32 Å². The minimum absolute atomic E-state index is 0.139. The van der Waals surface area contributed by atoms with Gasteiger partial charge >= 0.3 is 5.97 Å². The number of carbonyl (C=O) groups is 2. The summed E-state index contributed by atoms with van der Waals surface area (Å²) < 4.78 is 4.52. The molecule has 0 fully saturated rings. The van der Waals surface area contributed by atoms with Crippen LogP contribution in [0.3, 0.4) is 0 Å². The fourth-order valence-electron chi connectivity index (χ4n) is 1.50. The van der Waals surface area contributed by atoms with Crippen LogP contribution in [0.4, 0.5) is 0 Å². The molecular formula is C13H16ClNO3. The van der Waals surface area contributed by atoms with E-state index in [1.54, 1.807) is 19.1 Å². The number of hydrogen-bond donors (Lipinski definition) is 1. The molecule has 0 saturated carbocycles. The van der Waals surface area contributed by atoms with Crippen LogP contribution >= 0.6 is 11.6 Å². The van der Waals surface area contributed by atoms with Crippen LogP contribution in [-0.4, -0.2) is 25.0 Å². The molecule has 1 atom stereocenters. The van der Waals surface area contributed by atoms with Gasteiger partial charge in [-0.3, -0.25) is 4.79 Å². The van der Waals surface area contributed by atoms with E-state index in [2.05, 4.69) is 10.1 Å². The number of carbonyl (C=O) groups excluding carboxylic acids is 2. The predicted molar refractivity (Wildman–Crippen MR) is 69.5 cm³/mol. The Kier molecular flexibility index (Phi) is 5.16. The SMILES string of the molecule is COC(=O)[C@H](C)NC(=O)Cc1ccc(C)cc1Cl. The van der Waals surface area contributed by atoms with Gasteiger partial charge in [0.1, 0.15) is 6.04 Å². The van der Waals surface area contributed by atoms with Crippen LogP contribution in [0.15, 0.2) is 18.2 Å². The molecule has 18 heavy (non-hydrogen) atoms. The van der Waals surface area contributed by atoms with Gasteiger partial charge in [0.15, 0.2) is 0 Å². The lowest BCUT2D eigenvalue weighted by Crippen LogP contribution is -2.39. The number of aryl methyl sites for hydroxylation is 1. The summed E-state index contributed by atoms with van der Waals surface area (Å²) in [5, 5.41) is 3.10. The van der Waals surface area contributed by atoms with Crippen molar-refractivity contribution < 1.29 is 14.3 Å². The van der Waals surface area contributed by atoms with Gasteiger partial charge in [-0.1, -0.05) is 23.7 Å². The standard InChI is InChI=1S/C13H16ClNO3/c1-8-4-5-10(11(14)6-8)7-12(16)15-9(2)13(17)18-3/h4-6,9H,7H2,1-3H3,(H,15,16)/t9-/m0/s1. The average molecular weight is 270 g/mol. The van der Waals surface area contributed by atoms with E-state index in [1.165, 1.54) is 7.11 Å². The Morgan fingerprint density at radius 3 is 2.67 bits per heavy atom. The van der Waals surface area contributed by atoms with Crippen LogP contribution in [0.2, 0.25) is 5.02 Å². The highest BCUT2D eigenvalue weighted by molar-refractivity contribution is 6.31. The number of benzene rings is 1. The highest BCUT2D eigenvalue weighted by Crippen LogP contribution is 2.17. The van der Waals surface area contributed by atoms with E-state index in [-0.39, 0.29) is 12.3 Å². The lowest BCUT2D eigenvalue weighted by atomic mass is 10.1. The van der Waals surface area contributed by atoms with Crippen molar-refractivity contribution in [3.8, 4) is 0 Å². The zero-order valence-electron chi connectivity index (χ0n) is 10.6. The number of hydrogen-bond acceptors (Lipinski definition) is 3. The molecule has 0 aliphatic heterocycles. The van der Waals surface area contributed by atoms with E-state index in [4.69, 9.17) is 11.6 Å². The normalized spacial score (nSPS) is 11.8. The van der Waals surface area contributed by atoms with Crippen LogP contribution in [0.5, 0.6) is 0 Å². The first-order valence-corrected chi connectivity index (χ1v) is 5.94. The molecule has 0 aromatic heterocycles. The topological polar surface area (TPSA) is 55.4 Å². The molecule has 0 aliphatic carbocycles. The monoisotopic (exact) mass is 269 g/mol. The molecule has 98 valence electrons. The third kappa shape index (κ3) is 4.04. The second kappa shape index (κ2) is 6.40. The summed E-state index contributed by atoms with van der Waals surface area (Å²) in [6, 6.07) is 4.83. The van der Waals surface area contributed by atoms with Gasteiger partial charge in [-0.2, -0.15) is 0 Å². The first kappa shape index (κ1) is 14.5. The van der Waals surface area contributed by atoms with Crippen LogP contribution in [-0.2, 0) is 20.7 Å². The molecular weight excluding hydrogens is 254 g/mol. The first-order valence-electron chi connectivity index (χ1n) is 5.56. The van der Waals surface area contributed by atoms with Crippen molar-refractivity contribution in [1.29, 1.82) is 0 Å². The molecule has 0 unspecified atom stereocenters. The summed E-state index contributed by atoms with van der Waals surface area (Å²) in [6.45, 7) is 3.50. The van der Waals surface area contributed by atoms with Gasteiger partial charge in [0.05, 0.1) is 13.5 Å². The first-order chi connectivity index (χ1) is 8.43. The number of methoxy groups -OCH3 is 1. The maximum absolute atomic E-state index is 11.7. The van der Waals surface area contributed by atoms with Crippen LogP contribution < -0.4 is 5.32 Å². The molecule has 0 radical (unpaired) electrons. The molecule has 0 heterocycles. The number of nitrogens with one attached hydrogen (secondary N) is 1. The largest absolute Gasteiger partial charge is 0.467 e. The van der Waals surface area contributed by atoms with Crippen molar-refractivity contribution in [2.45, 2.75) is 26.3 Å². The highest BCUT2D eigenvalue weighted by atomic mass is 35.5. The summed E-state index contributed by atoms with van der Waals surface area (Å²) in [7, 11) is 1.28. The summed E-state index contributed by atoms with van der Waals surface area (Å²) in [6.07, 6.45) is 0.139. The summed E-state index contributed by atoms with van der Waals surface area (Å²) >= 11 is 6.03. The van der Waals surface area contributed by atoms with Crippen LogP contribution in [0, 0.1) is 6.92 Å². The third-order valence-corrected chi connectivity index (χ3v) is 2.84. The van der Waals surface area contributed by atoms with Gasteiger partial charge in [-0.25, -0.2) is 4.79 Å².